The molecule has 0 aliphatic carbocycles. The van der Waals surface area contributed by atoms with Crippen molar-refractivity contribution in [3.8, 4) is 22.8 Å². The zero-order valence-electron chi connectivity index (χ0n) is 11.2. The smallest absolute Gasteiger partial charge is 0.406 e. The number of benzene rings is 1. The minimum Gasteiger partial charge on any atom is -0.406 e. The van der Waals surface area contributed by atoms with Gasteiger partial charge in [0, 0.05) is 11.8 Å². The Kier molecular flexibility index (Phi) is 3.54. The van der Waals surface area contributed by atoms with Gasteiger partial charge in [0.05, 0.1) is 11.9 Å². The predicted octanol–water partition coefficient (Wildman–Crippen LogP) is 3.83. The van der Waals surface area contributed by atoms with Crippen molar-refractivity contribution in [2.75, 3.05) is 0 Å². The summed E-state index contributed by atoms with van der Waals surface area (Å²) in [5.74, 6) is 0.408. The molecule has 3 aromatic rings. The van der Waals surface area contributed by atoms with E-state index in [4.69, 9.17) is 0 Å². The number of halogens is 3. The molecule has 0 amide bonds. The van der Waals surface area contributed by atoms with Gasteiger partial charge in [-0.1, -0.05) is 6.07 Å². The minimum atomic E-state index is -4.70. The van der Waals surface area contributed by atoms with Crippen LogP contribution >= 0.6 is 0 Å². The maximum Gasteiger partial charge on any atom is 0.573 e. The Morgan fingerprint density at radius 3 is 2.41 bits per heavy atom. The van der Waals surface area contributed by atoms with E-state index in [2.05, 4.69) is 14.7 Å². The molecule has 0 aliphatic heterocycles. The van der Waals surface area contributed by atoms with Crippen molar-refractivity contribution >= 4 is 0 Å². The van der Waals surface area contributed by atoms with Gasteiger partial charge in [-0.25, -0.2) is 9.97 Å². The van der Waals surface area contributed by atoms with E-state index in [0.717, 1.165) is 5.69 Å². The van der Waals surface area contributed by atoms with Gasteiger partial charge in [0.1, 0.15) is 17.9 Å². The highest BCUT2D eigenvalue weighted by molar-refractivity contribution is 5.62. The molecule has 7 heteroatoms. The molecule has 112 valence electrons. The standard InChI is InChI=1S/C15H10F3N3O/c16-15(17,18)22-12-6-4-11(5-7-12)13-9-19-10-21(13)14-3-1-2-8-20-14/h1-10H. The number of pyridine rings is 1. The molecular formula is C15H10F3N3O. The van der Waals surface area contributed by atoms with Crippen LogP contribution in [-0.4, -0.2) is 20.9 Å². The van der Waals surface area contributed by atoms with E-state index in [0.29, 0.717) is 11.4 Å². The van der Waals surface area contributed by atoms with Gasteiger partial charge < -0.3 is 4.74 Å². The highest BCUT2D eigenvalue weighted by atomic mass is 19.4. The zero-order valence-corrected chi connectivity index (χ0v) is 11.2. The molecule has 3 rings (SSSR count). The second kappa shape index (κ2) is 5.51. The van der Waals surface area contributed by atoms with E-state index < -0.39 is 6.36 Å². The van der Waals surface area contributed by atoms with Gasteiger partial charge in [0.2, 0.25) is 0 Å². The fourth-order valence-corrected chi connectivity index (χ4v) is 2.01. The van der Waals surface area contributed by atoms with Crippen LogP contribution in [0.5, 0.6) is 5.75 Å². The van der Waals surface area contributed by atoms with Gasteiger partial charge in [0.25, 0.3) is 0 Å². The van der Waals surface area contributed by atoms with Crippen LogP contribution in [0.3, 0.4) is 0 Å². The van der Waals surface area contributed by atoms with Gasteiger partial charge in [0.15, 0.2) is 0 Å². The molecule has 0 atom stereocenters. The molecule has 0 unspecified atom stereocenters. The lowest BCUT2D eigenvalue weighted by Gasteiger charge is -2.10. The first-order valence-corrected chi connectivity index (χ1v) is 6.33. The summed E-state index contributed by atoms with van der Waals surface area (Å²) < 4.78 is 42.1. The molecule has 0 radical (unpaired) electrons. The van der Waals surface area contributed by atoms with E-state index >= 15 is 0 Å². The number of hydrogen-bond acceptors (Lipinski definition) is 3. The van der Waals surface area contributed by atoms with Gasteiger partial charge in [-0.3, -0.25) is 4.57 Å². The predicted molar refractivity (Wildman–Crippen MR) is 73.5 cm³/mol. The molecule has 0 bridgehead atoms. The summed E-state index contributed by atoms with van der Waals surface area (Å²) >= 11 is 0. The highest BCUT2D eigenvalue weighted by Gasteiger charge is 2.31. The highest BCUT2D eigenvalue weighted by Crippen LogP contribution is 2.27. The Bertz CT molecular complexity index is 752. The normalized spacial score (nSPS) is 11.4. The van der Waals surface area contributed by atoms with Gasteiger partial charge in [-0.15, -0.1) is 13.2 Å². The number of imidazole rings is 1. The Morgan fingerprint density at radius 2 is 1.77 bits per heavy atom. The Hall–Kier alpha value is -2.83. The van der Waals surface area contributed by atoms with Gasteiger partial charge in [-0.05, 0) is 36.4 Å². The van der Waals surface area contributed by atoms with E-state index in [-0.39, 0.29) is 5.75 Å². The molecule has 0 saturated carbocycles. The number of aromatic nitrogens is 3. The molecule has 2 heterocycles. The van der Waals surface area contributed by atoms with Crippen LogP contribution in [0.15, 0.2) is 61.2 Å². The molecular weight excluding hydrogens is 295 g/mol. The van der Waals surface area contributed by atoms with E-state index in [1.54, 1.807) is 29.4 Å². The largest absolute Gasteiger partial charge is 0.573 e. The Morgan fingerprint density at radius 1 is 1.00 bits per heavy atom. The SMILES string of the molecule is FC(F)(F)Oc1ccc(-c2cncn2-c2ccccn2)cc1. The number of ether oxygens (including phenoxy) is 1. The van der Waals surface area contributed by atoms with Crippen LogP contribution < -0.4 is 4.74 Å². The van der Waals surface area contributed by atoms with Crippen molar-refractivity contribution in [2.45, 2.75) is 6.36 Å². The fourth-order valence-electron chi connectivity index (χ4n) is 2.01. The number of rotatable bonds is 3. The van der Waals surface area contributed by atoms with Crippen molar-refractivity contribution < 1.29 is 17.9 Å². The van der Waals surface area contributed by atoms with Crippen molar-refractivity contribution in [1.82, 2.24) is 14.5 Å². The molecule has 2 aromatic heterocycles. The topological polar surface area (TPSA) is 39.9 Å². The summed E-state index contributed by atoms with van der Waals surface area (Å²) in [6.07, 6.45) is 0.169. The molecule has 0 spiro atoms. The van der Waals surface area contributed by atoms with Gasteiger partial charge >= 0.3 is 6.36 Å². The lowest BCUT2D eigenvalue weighted by molar-refractivity contribution is -0.274. The zero-order chi connectivity index (χ0) is 15.6. The second-order valence-corrected chi connectivity index (χ2v) is 4.41. The van der Waals surface area contributed by atoms with Crippen molar-refractivity contribution in [1.29, 1.82) is 0 Å². The van der Waals surface area contributed by atoms with Crippen LogP contribution in [0.4, 0.5) is 13.2 Å². The molecule has 0 aliphatic rings. The third-order valence-corrected chi connectivity index (χ3v) is 2.92. The average Bonchev–Trinajstić information content (AvgIpc) is 2.97. The van der Waals surface area contributed by atoms with Crippen LogP contribution in [0.1, 0.15) is 0 Å². The molecule has 0 N–H and O–H groups in total. The maximum atomic E-state index is 12.2. The Balaban J connectivity index is 1.91. The third kappa shape index (κ3) is 3.08. The summed E-state index contributed by atoms with van der Waals surface area (Å²) in [5.41, 5.74) is 1.43. The first kappa shape index (κ1) is 14.1. The summed E-state index contributed by atoms with van der Waals surface area (Å²) in [4.78, 5) is 8.29. The number of nitrogens with zero attached hydrogens (tertiary/aromatic N) is 3. The quantitative estimate of drug-likeness (QED) is 0.738. The van der Waals surface area contributed by atoms with E-state index in [1.807, 2.05) is 12.1 Å². The second-order valence-electron chi connectivity index (χ2n) is 4.41. The summed E-state index contributed by atoms with van der Waals surface area (Å²) in [6.45, 7) is 0. The average molecular weight is 305 g/mol. The van der Waals surface area contributed by atoms with Crippen LogP contribution in [0.2, 0.25) is 0 Å². The first-order chi connectivity index (χ1) is 10.5. The molecule has 0 fully saturated rings. The maximum absolute atomic E-state index is 12.2. The molecule has 22 heavy (non-hydrogen) atoms. The molecule has 1 aromatic carbocycles. The first-order valence-electron chi connectivity index (χ1n) is 6.33. The monoisotopic (exact) mass is 305 g/mol. The molecule has 0 saturated heterocycles. The van der Waals surface area contributed by atoms with Crippen molar-refractivity contribution in [3.05, 3.63) is 61.2 Å². The minimum absolute atomic E-state index is 0.264. The summed E-state index contributed by atoms with van der Waals surface area (Å²) in [5, 5.41) is 0. The summed E-state index contributed by atoms with van der Waals surface area (Å²) in [7, 11) is 0. The number of alkyl halides is 3. The van der Waals surface area contributed by atoms with Crippen molar-refractivity contribution in [2.24, 2.45) is 0 Å². The lowest BCUT2D eigenvalue weighted by atomic mass is 10.1. The lowest BCUT2D eigenvalue weighted by Crippen LogP contribution is -2.16. The number of hydrogen-bond donors (Lipinski definition) is 0. The third-order valence-electron chi connectivity index (χ3n) is 2.92. The van der Waals surface area contributed by atoms with Crippen molar-refractivity contribution in [3.63, 3.8) is 0 Å². The fraction of sp³-hybridized carbons (Fsp3) is 0.0667. The van der Waals surface area contributed by atoms with E-state index in [1.165, 1.54) is 24.3 Å². The van der Waals surface area contributed by atoms with Gasteiger partial charge in [-0.2, -0.15) is 0 Å². The van der Waals surface area contributed by atoms with Crippen LogP contribution in [0.25, 0.3) is 17.1 Å². The van der Waals surface area contributed by atoms with Crippen LogP contribution in [0, 0.1) is 0 Å². The van der Waals surface area contributed by atoms with Crippen LogP contribution in [-0.2, 0) is 0 Å². The molecule has 4 nitrogen and oxygen atoms in total. The Labute approximate surface area is 123 Å². The van der Waals surface area contributed by atoms with E-state index in [9.17, 15) is 13.2 Å². The summed E-state index contributed by atoms with van der Waals surface area (Å²) in [6, 6.07) is 11.0.